The van der Waals surface area contributed by atoms with Crippen LogP contribution in [-0.4, -0.2) is 89.6 Å². The summed E-state index contributed by atoms with van der Waals surface area (Å²) in [5, 5.41) is 40.1. The molecular weight excluding hydrogens is 709 g/mol. The maximum absolute atomic E-state index is 12.8. The molecule has 326 valence electrons. The molecule has 0 aromatic heterocycles. The van der Waals surface area contributed by atoms with Gasteiger partial charge in [-0.2, -0.15) is 0 Å². The van der Waals surface area contributed by atoms with Gasteiger partial charge in [-0.05, 0) is 70.6 Å². The van der Waals surface area contributed by atoms with E-state index in [0.29, 0.717) is 13.0 Å². The van der Waals surface area contributed by atoms with Crippen LogP contribution in [0.1, 0.15) is 181 Å². The van der Waals surface area contributed by atoms with E-state index in [4.69, 9.17) is 18.9 Å². The Bertz CT molecular complexity index is 994. The van der Waals surface area contributed by atoms with E-state index in [1.807, 2.05) is 0 Å². The lowest BCUT2D eigenvalue weighted by atomic mass is 9.99. The van der Waals surface area contributed by atoms with Gasteiger partial charge >= 0.3 is 5.97 Å². The van der Waals surface area contributed by atoms with E-state index in [2.05, 4.69) is 62.5 Å². The number of unbranched alkanes of at least 4 members (excludes halogenated alkanes) is 19. The molecule has 9 heteroatoms. The van der Waals surface area contributed by atoms with E-state index in [1.165, 1.54) is 89.9 Å². The lowest BCUT2D eigenvalue weighted by Crippen LogP contribution is -2.59. The number of allylic oxidation sites excluding steroid dienone is 8. The first-order chi connectivity index (χ1) is 27.4. The van der Waals surface area contributed by atoms with Crippen LogP contribution in [0.15, 0.2) is 48.6 Å². The Balaban J connectivity index is 2.26. The van der Waals surface area contributed by atoms with Crippen molar-refractivity contribution in [3.63, 3.8) is 0 Å². The highest BCUT2D eigenvalue weighted by molar-refractivity contribution is 5.69. The standard InChI is InChI=1S/C47H84O9/c1-3-5-7-9-11-13-15-17-19-20-21-22-23-24-26-28-30-32-34-36-43(49)55-41(40-54-47-46(52)45(51)44(50)42(38-48)56-47)39-53-37-35-33-31-29-27-25-18-16-14-12-10-8-6-4-2/h6,8,12,14,17-19,25,41-42,44-48,50-52H,3-5,7,9-11,13,15-16,20-24,26-40H2,1-2H3/b8-6-,14-12-,19-17-,25-18-. The molecule has 56 heavy (non-hydrogen) atoms. The number of aliphatic hydroxyl groups excluding tert-OH is 4. The Hall–Kier alpha value is -1.85. The van der Waals surface area contributed by atoms with Gasteiger partial charge in [-0.15, -0.1) is 0 Å². The maximum Gasteiger partial charge on any atom is 0.306 e. The topological polar surface area (TPSA) is 135 Å². The van der Waals surface area contributed by atoms with E-state index < -0.39 is 43.4 Å². The van der Waals surface area contributed by atoms with E-state index in [9.17, 15) is 25.2 Å². The van der Waals surface area contributed by atoms with Gasteiger partial charge in [0.05, 0.1) is 19.8 Å². The van der Waals surface area contributed by atoms with Crippen molar-refractivity contribution in [2.45, 2.75) is 218 Å². The van der Waals surface area contributed by atoms with Crippen LogP contribution in [0, 0.1) is 0 Å². The summed E-state index contributed by atoms with van der Waals surface area (Å²) in [6.45, 7) is 4.39. The Morgan fingerprint density at radius 2 is 1.09 bits per heavy atom. The van der Waals surface area contributed by atoms with Crippen LogP contribution in [0.4, 0.5) is 0 Å². The molecule has 0 aromatic carbocycles. The number of carbonyl (C=O) groups is 1. The fourth-order valence-corrected chi connectivity index (χ4v) is 6.68. The number of rotatable bonds is 38. The summed E-state index contributed by atoms with van der Waals surface area (Å²) < 4.78 is 22.8. The molecule has 9 nitrogen and oxygen atoms in total. The first-order valence-corrected chi connectivity index (χ1v) is 22.7. The first kappa shape index (κ1) is 52.2. The van der Waals surface area contributed by atoms with Crippen molar-refractivity contribution in [3.05, 3.63) is 48.6 Å². The lowest BCUT2D eigenvalue weighted by Gasteiger charge is -2.39. The highest BCUT2D eigenvalue weighted by Crippen LogP contribution is 2.22. The van der Waals surface area contributed by atoms with Gasteiger partial charge in [0.2, 0.25) is 0 Å². The minimum absolute atomic E-state index is 0.124. The summed E-state index contributed by atoms with van der Waals surface area (Å²) in [5.41, 5.74) is 0. The molecule has 1 aliphatic heterocycles. The van der Waals surface area contributed by atoms with Gasteiger partial charge in [-0.1, -0.05) is 152 Å². The van der Waals surface area contributed by atoms with E-state index >= 15 is 0 Å². The maximum atomic E-state index is 12.8. The molecule has 0 aliphatic carbocycles. The van der Waals surface area contributed by atoms with Crippen LogP contribution in [0.2, 0.25) is 0 Å². The predicted molar refractivity (Wildman–Crippen MR) is 228 cm³/mol. The van der Waals surface area contributed by atoms with E-state index in [0.717, 1.165) is 70.6 Å². The van der Waals surface area contributed by atoms with Gasteiger partial charge in [0.15, 0.2) is 6.29 Å². The number of hydrogen-bond donors (Lipinski definition) is 4. The number of esters is 1. The van der Waals surface area contributed by atoms with Gasteiger partial charge in [0, 0.05) is 13.0 Å². The fourth-order valence-electron chi connectivity index (χ4n) is 6.68. The van der Waals surface area contributed by atoms with Crippen LogP contribution in [0.5, 0.6) is 0 Å². The largest absolute Gasteiger partial charge is 0.457 e. The third-order valence-electron chi connectivity index (χ3n) is 10.2. The molecule has 1 heterocycles. The van der Waals surface area contributed by atoms with Crippen LogP contribution in [-0.2, 0) is 23.7 Å². The molecule has 4 N–H and O–H groups in total. The highest BCUT2D eigenvalue weighted by Gasteiger charge is 2.44. The summed E-state index contributed by atoms with van der Waals surface area (Å²) in [5.74, 6) is -0.325. The SMILES string of the molecule is CC/C=C\C/C=C\C/C=C\CCCCCCOCC(COC1OC(CO)C(O)C(O)C1O)OC(=O)CCCCCCCCCCC/C=C\CCCCCCCC. The zero-order valence-corrected chi connectivity index (χ0v) is 35.6. The number of aliphatic hydroxyl groups is 4. The molecule has 0 radical (unpaired) electrons. The molecule has 0 bridgehead atoms. The molecule has 0 spiro atoms. The molecule has 1 saturated heterocycles. The second-order valence-electron chi connectivity index (χ2n) is 15.5. The average Bonchev–Trinajstić information content (AvgIpc) is 3.20. The van der Waals surface area contributed by atoms with Crippen molar-refractivity contribution in [1.29, 1.82) is 0 Å². The van der Waals surface area contributed by atoms with Crippen molar-refractivity contribution in [2.75, 3.05) is 26.4 Å². The van der Waals surface area contributed by atoms with Gasteiger partial charge in [-0.25, -0.2) is 0 Å². The Morgan fingerprint density at radius 1 is 0.589 bits per heavy atom. The fraction of sp³-hybridized carbons (Fsp3) is 0.809. The van der Waals surface area contributed by atoms with Crippen molar-refractivity contribution < 1.29 is 44.2 Å². The molecule has 1 rings (SSSR count). The minimum Gasteiger partial charge on any atom is -0.457 e. The normalized spacial score (nSPS) is 21.0. The van der Waals surface area contributed by atoms with E-state index in [-0.39, 0.29) is 19.2 Å². The van der Waals surface area contributed by atoms with Gasteiger partial charge in [0.1, 0.15) is 30.5 Å². The highest BCUT2D eigenvalue weighted by atomic mass is 16.7. The second-order valence-corrected chi connectivity index (χ2v) is 15.5. The molecule has 0 aromatic rings. The average molecular weight is 793 g/mol. The smallest absolute Gasteiger partial charge is 0.306 e. The van der Waals surface area contributed by atoms with Crippen molar-refractivity contribution in [1.82, 2.24) is 0 Å². The van der Waals surface area contributed by atoms with Crippen LogP contribution in [0.25, 0.3) is 0 Å². The van der Waals surface area contributed by atoms with Gasteiger partial charge in [-0.3, -0.25) is 4.79 Å². The molecule has 6 unspecified atom stereocenters. The van der Waals surface area contributed by atoms with Crippen LogP contribution in [0.3, 0.4) is 0 Å². The van der Waals surface area contributed by atoms with Gasteiger partial charge in [0.25, 0.3) is 0 Å². The van der Waals surface area contributed by atoms with E-state index in [1.54, 1.807) is 0 Å². The summed E-state index contributed by atoms with van der Waals surface area (Å²) in [7, 11) is 0. The lowest BCUT2D eigenvalue weighted by molar-refractivity contribution is -0.305. The zero-order valence-electron chi connectivity index (χ0n) is 35.6. The zero-order chi connectivity index (χ0) is 40.7. The third kappa shape index (κ3) is 29.4. The summed E-state index contributed by atoms with van der Waals surface area (Å²) >= 11 is 0. The van der Waals surface area contributed by atoms with Crippen molar-refractivity contribution in [2.24, 2.45) is 0 Å². The molecule has 1 fully saturated rings. The van der Waals surface area contributed by atoms with Crippen molar-refractivity contribution >= 4 is 5.97 Å². The summed E-state index contributed by atoms with van der Waals surface area (Å²) in [6.07, 6.45) is 39.9. The Morgan fingerprint density at radius 3 is 1.66 bits per heavy atom. The number of hydrogen-bond acceptors (Lipinski definition) is 9. The molecule has 6 atom stereocenters. The minimum atomic E-state index is -1.54. The van der Waals surface area contributed by atoms with Gasteiger partial charge < -0.3 is 39.4 Å². The van der Waals surface area contributed by atoms with Crippen LogP contribution >= 0.6 is 0 Å². The predicted octanol–water partition coefficient (Wildman–Crippen LogP) is 10.1. The molecule has 0 amide bonds. The molecular formula is C47H84O9. The second kappa shape index (κ2) is 38.7. The number of carbonyl (C=O) groups excluding carboxylic acids is 1. The third-order valence-corrected chi connectivity index (χ3v) is 10.2. The van der Waals surface area contributed by atoms with Crippen molar-refractivity contribution in [3.8, 4) is 0 Å². The molecule has 1 aliphatic rings. The Kier molecular flexibility index (Phi) is 36.0. The Labute approximate surface area is 342 Å². The monoisotopic (exact) mass is 793 g/mol. The van der Waals surface area contributed by atoms with Crippen LogP contribution < -0.4 is 0 Å². The summed E-state index contributed by atoms with van der Waals surface area (Å²) in [4.78, 5) is 12.8. The quantitative estimate of drug-likeness (QED) is 0.0274. The number of ether oxygens (including phenoxy) is 4. The first-order valence-electron chi connectivity index (χ1n) is 22.7. The summed E-state index contributed by atoms with van der Waals surface area (Å²) in [6, 6.07) is 0. The molecule has 0 saturated carbocycles.